The highest BCUT2D eigenvalue weighted by molar-refractivity contribution is 5.78. The summed E-state index contributed by atoms with van der Waals surface area (Å²) in [5, 5.41) is 7.36. The van der Waals surface area contributed by atoms with E-state index in [0.29, 0.717) is 6.54 Å². The lowest BCUT2D eigenvalue weighted by molar-refractivity contribution is -0.133. The molecule has 1 amide bonds. The van der Waals surface area contributed by atoms with Crippen molar-refractivity contribution in [3.05, 3.63) is 42.0 Å². The van der Waals surface area contributed by atoms with Gasteiger partial charge >= 0.3 is 0 Å². The quantitative estimate of drug-likeness (QED) is 0.914. The first kappa shape index (κ1) is 17.2. The van der Waals surface area contributed by atoms with Gasteiger partial charge in [-0.15, -0.1) is 0 Å². The van der Waals surface area contributed by atoms with Crippen molar-refractivity contribution < 1.29 is 9.18 Å². The number of aromatic nitrogens is 2. The molecule has 0 spiro atoms. The fourth-order valence-corrected chi connectivity index (χ4v) is 4.17. The molecule has 5 nitrogen and oxygen atoms in total. The van der Waals surface area contributed by atoms with Crippen molar-refractivity contribution in [1.82, 2.24) is 20.0 Å². The Morgan fingerprint density at radius 2 is 1.88 bits per heavy atom. The van der Waals surface area contributed by atoms with Gasteiger partial charge in [0.25, 0.3) is 0 Å². The first-order valence-corrected chi connectivity index (χ1v) is 9.53. The van der Waals surface area contributed by atoms with E-state index in [2.05, 4.69) is 15.1 Å². The van der Waals surface area contributed by atoms with Crippen LogP contribution >= 0.6 is 0 Å². The van der Waals surface area contributed by atoms with E-state index in [0.717, 1.165) is 62.1 Å². The summed E-state index contributed by atoms with van der Waals surface area (Å²) in [6, 6.07) is 6.66. The van der Waals surface area contributed by atoms with Gasteiger partial charge in [0.15, 0.2) is 0 Å². The predicted molar refractivity (Wildman–Crippen MR) is 98.0 cm³/mol. The van der Waals surface area contributed by atoms with Crippen LogP contribution in [0, 0.1) is 5.82 Å². The van der Waals surface area contributed by atoms with E-state index in [-0.39, 0.29) is 17.8 Å². The Hall–Kier alpha value is -2.21. The van der Waals surface area contributed by atoms with Gasteiger partial charge in [0.1, 0.15) is 5.82 Å². The summed E-state index contributed by atoms with van der Waals surface area (Å²) in [5.41, 5.74) is 2.97. The van der Waals surface area contributed by atoms with Crippen LogP contribution in [0.5, 0.6) is 0 Å². The Kier molecular flexibility index (Phi) is 5.02. The zero-order chi connectivity index (χ0) is 17.9. The summed E-state index contributed by atoms with van der Waals surface area (Å²) in [4.78, 5) is 16.9. The molecule has 0 bridgehead atoms. The van der Waals surface area contributed by atoms with E-state index >= 15 is 0 Å². The molecule has 2 saturated heterocycles. The number of hydrogen-bond donors (Lipinski definition) is 1. The standard InChI is InChI=1S/C20H25FN4O/c21-16-8-6-15(7-9-16)17-13-22-23-20(17)18-5-4-12-25(18)14-19(26)24-10-2-1-3-11-24/h6-9,13,18H,1-5,10-12,14H2,(H,22,23)/t18-/m0/s1. The third-order valence-electron chi connectivity index (χ3n) is 5.57. The van der Waals surface area contributed by atoms with Crippen molar-refractivity contribution in [2.75, 3.05) is 26.2 Å². The van der Waals surface area contributed by atoms with Gasteiger partial charge < -0.3 is 4.90 Å². The van der Waals surface area contributed by atoms with Crippen molar-refractivity contribution in [3.8, 4) is 11.1 Å². The zero-order valence-corrected chi connectivity index (χ0v) is 15.0. The summed E-state index contributed by atoms with van der Waals surface area (Å²) in [5.74, 6) is -0.00661. The Balaban J connectivity index is 1.51. The number of benzene rings is 1. The maximum atomic E-state index is 13.2. The molecular weight excluding hydrogens is 331 g/mol. The molecule has 2 aliphatic rings. The highest BCUT2D eigenvalue weighted by Crippen LogP contribution is 2.36. The van der Waals surface area contributed by atoms with Crippen molar-refractivity contribution >= 4 is 5.91 Å². The lowest BCUT2D eigenvalue weighted by Crippen LogP contribution is -2.42. The van der Waals surface area contributed by atoms with E-state index in [1.165, 1.54) is 18.6 Å². The smallest absolute Gasteiger partial charge is 0.236 e. The molecule has 3 heterocycles. The van der Waals surface area contributed by atoms with Gasteiger partial charge in [-0.1, -0.05) is 12.1 Å². The minimum Gasteiger partial charge on any atom is -0.342 e. The summed E-state index contributed by atoms with van der Waals surface area (Å²) in [6.45, 7) is 3.17. The maximum Gasteiger partial charge on any atom is 0.236 e. The van der Waals surface area contributed by atoms with E-state index in [4.69, 9.17) is 0 Å². The van der Waals surface area contributed by atoms with Crippen LogP contribution in [-0.2, 0) is 4.79 Å². The lowest BCUT2D eigenvalue weighted by atomic mass is 10.0. The largest absolute Gasteiger partial charge is 0.342 e. The Morgan fingerprint density at radius 3 is 2.65 bits per heavy atom. The van der Waals surface area contributed by atoms with E-state index < -0.39 is 0 Å². The van der Waals surface area contributed by atoms with Crippen molar-refractivity contribution in [2.45, 2.75) is 38.1 Å². The minimum atomic E-state index is -0.242. The van der Waals surface area contributed by atoms with Gasteiger partial charge in [-0.2, -0.15) is 5.10 Å². The molecule has 26 heavy (non-hydrogen) atoms. The number of amides is 1. The van der Waals surface area contributed by atoms with Crippen LogP contribution in [-0.4, -0.2) is 52.1 Å². The fraction of sp³-hybridized carbons (Fsp3) is 0.500. The van der Waals surface area contributed by atoms with Crippen molar-refractivity contribution in [2.24, 2.45) is 0 Å². The van der Waals surface area contributed by atoms with E-state index in [1.54, 1.807) is 18.3 Å². The van der Waals surface area contributed by atoms with Crippen molar-refractivity contribution in [1.29, 1.82) is 0 Å². The Labute approximate surface area is 153 Å². The molecule has 6 heteroatoms. The molecule has 138 valence electrons. The summed E-state index contributed by atoms with van der Waals surface area (Å²) >= 11 is 0. The fourth-order valence-electron chi connectivity index (χ4n) is 4.17. The van der Waals surface area contributed by atoms with Gasteiger partial charge in [0.2, 0.25) is 5.91 Å². The van der Waals surface area contributed by atoms with E-state index in [9.17, 15) is 9.18 Å². The molecule has 4 rings (SSSR count). The lowest BCUT2D eigenvalue weighted by Gasteiger charge is -2.30. The first-order chi connectivity index (χ1) is 12.7. The Morgan fingerprint density at radius 1 is 1.12 bits per heavy atom. The van der Waals surface area contributed by atoms with Gasteiger partial charge in [0, 0.05) is 18.7 Å². The Bertz CT molecular complexity index is 751. The average molecular weight is 356 g/mol. The van der Waals surface area contributed by atoms with E-state index in [1.807, 2.05) is 4.90 Å². The number of H-pyrrole nitrogens is 1. The number of nitrogens with one attached hydrogen (secondary N) is 1. The molecular formula is C20H25FN4O. The molecule has 0 aliphatic carbocycles. The number of carbonyl (C=O) groups is 1. The topological polar surface area (TPSA) is 52.2 Å². The molecule has 0 radical (unpaired) electrons. The highest BCUT2D eigenvalue weighted by Gasteiger charge is 2.32. The molecule has 1 N–H and O–H groups in total. The molecule has 1 atom stereocenters. The summed E-state index contributed by atoms with van der Waals surface area (Å²) < 4.78 is 13.2. The van der Waals surface area contributed by atoms with Crippen LogP contribution in [0.2, 0.25) is 0 Å². The van der Waals surface area contributed by atoms with Crippen LogP contribution in [0.4, 0.5) is 4.39 Å². The zero-order valence-electron chi connectivity index (χ0n) is 15.0. The second kappa shape index (κ2) is 7.58. The SMILES string of the molecule is O=C(CN1CCC[C@H]1c1[nH]ncc1-c1ccc(F)cc1)N1CCCCC1. The molecule has 2 aromatic rings. The molecule has 0 unspecified atom stereocenters. The van der Waals surface area contributed by atoms with Crippen LogP contribution in [0.1, 0.15) is 43.8 Å². The summed E-state index contributed by atoms with van der Waals surface area (Å²) in [7, 11) is 0. The van der Waals surface area contributed by atoms with Crippen LogP contribution in [0.15, 0.2) is 30.5 Å². The molecule has 2 fully saturated rings. The molecule has 1 aromatic heterocycles. The second-order valence-electron chi connectivity index (χ2n) is 7.27. The molecule has 0 saturated carbocycles. The van der Waals surface area contributed by atoms with Gasteiger partial charge in [-0.25, -0.2) is 4.39 Å². The van der Waals surface area contributed by atoms with Crippen LogP contribution < -0.4 is 0 Å². The van der Waals surface area contributed by atoms with Gasteiger partial charge in [0.05, 0.1) is 24.5 Å². The third kappa shape index (κ3) is 3.51. The third-order valence-corrected chi connectivity index (χ3v) is 5.57. The second-order valence-corrected chi connectivity index (χ2v) is 7.27. The number of carbonyl (C=O) groups excluding carboxylic acids is 1. The number of nitrogens with zero attached hydrogens (tertiary/aromatic N) is 3. The minimum absolute atomic E-state index is 0.159. The first-order valence-electron chi connectivity index (χ1n) is 9.53. The van der Waals surface area contributed by atoms with Crippen molar-refractivity contribution in [3.63, 3.8) is 0 Å². The monoisotopic (exact) mass is 356 g/mol. The van der Waals surface area contributed by atoms with Gasteiger partial charge in [-0.3, -0.25) is 14.8 Å². The molecule has 2 aliphatic heterocycles. The number of hydrogen-bond acceptors (Lipinski definition) is 3. The normalized spacial score (nSPS) is 21.3. The van der Waals surface area contributed by atoms with Gasteiger partial charge in [-0.05, 0) is 56.3 Å². The van der Waals surface area contributed by atoms with Crippen LogP contribution in [0.3, 0.4) is 0 Å². The predicted octanol–water partition coefficient (Wildman–Crippen LogP) is 3.37. The van der Waals surface area contributed by atoms with Crippen LogP contribution in [0.25, 0.3) is 11.1 Å². The number of halogens is 1. The maximum absolute atomic E-state index is 13.2. The summed E-state index contributed by atoms with van der Waals surface area (Å²) in [6.07, 6.45) is 7.33. The number of aromatic amines is 1. The molecule has 1 aromatic carbocycles. The average Bonchev–Trinajstić information content (AvgIpc) is 3.32. The number of likely N-dealkylation sites (tertiary alicyclic amines) is 2. The highest BCUT2D eigenvalue weighted by atomic mass is 19.1. The number of piperidine rings is 1. The number of rotatable bonds is 4.